The summed E-state index contributed by atoms with van der Waals surface area (Å²) in [4.78, 5) is 2.18. The number of hydrogen-bond donors (Lipinski definition) is 1. The highest BCUT2D eigenvalue weighted by atomic mass is 79.9. The molecule has 7 heteroatoms. The van der Waals surface area contributed by atoms with Crippen LogP contribution in [0.2, 0.25) is 0 Å². The minimum absolute atomic E-state index is 0.216. The lowest BCUT2D eigenvalue weighted by Gasteiger charge is -2.35. The number of alkyl halides is 3. The molecule has 0 spiro atoms. The van der Waals surface area contributed by atoms with E-state index in [9.17, 15) is 13.2 Å². The molecular weight excluding hydrogens is 349 g/mol. The van der Waals surface area contributed by atoms with Gasteiger partial charge in [0, 0.05) is 24.8 Å². The Morgan fingerprint density at radius 3 is 2.81 bits per heavy atom. The first kappa shape index (κ1) is 16.4. The summed E-state index contributed by atoms with van der Waals surface area (Å²) in [7, 11) is 0. The van der Waals surface area contributed by atoms with E-state index in [1.54, 1.807) is 12.1 Å². The maximum absolute atomic E-state index is 12.3. The molecule has 0 amide bonds. The van der Waals surface area contributed by atoms with Gasteiger partial charge in [-0.3, -0.25) is 0 Å². The molecule has 1 aromatic carbocycles. The number of rotatable bonds is 4. The van der Waals surface area contributed by atoms with Gasteiger partial charge < -0.3 is 15.0 Å². The second-order valence-electron chi connectivity index (χ2n) is 5.01. The van der Waals surface area contributed by atoms with E-state index in [0.29, 0.717) is 10.5 Å². The highest BCUT2D eigenvalue weighted by Gasteiger charge is 2.32. The lowest BCUT2D eigenvalue weighted by atomic mass is 10.0. The molecule has 0 aromatic heterocycles. The quantitative estimate of drug-likeness (QED) is 0.873. The van der Waals surface area contributed by atoms with Crippen molar-refractivity contribution in [3.8, 4) is 5.75 Å². The number of hydrogen-bond acceptors (Lipinski definition) is 3. The van der Waals surface area contributed by atoms with Gasteiger partial charge in [-0.1, -0.05) is 6.92 Å². The second-order valence-corrected chi connectivity index (χ2v) is 5.86. The number of anilines is 1. The Labute approximate surface area is 130 Å². The number of benzene rings is 1. The Morgan fingerprint density at radius 1 is 1.43 bits per heavy atom. The highest BCUT2D eigenvalue weighted by molar-refractivity contribution is 9.10. The third-order valence-electron chi connectivity index (χ3n) is 3.42. The van der Waals surface area contributed by atoms with E-state index in [1.807, 2.05) is 0 Å². The Kier molecular flexibility index (Phi) is 5.37. The molecule has 0 aliphatic carbocycles. The van der Waals surface area contributed by atoms with E-state index < -0.39 is 6.36 Å². The summed E-state index contributed by atoms with van der Waals surface area (Å²) in [5.41, 5.74) is 0.902. The fourth-order valence-corrected chi connectivity index (χ4v) is 3.01. The van der Waals surface area contributed by atoms with Crippen LogP contribution in [0, 0.1) is 0 Å². The molecule has 0 bridgehead atoms. The molecule has 1 N–H and O–H groups in total. The molecule has 1 saturated heterocycles. The summed E-state index contributed by atoms with van der Waals surface area (Å²) in [6.45, 7) is 4.76. The third-order valence-corrected chi connectivity index (χ3v) is 4.04. The summed E-state index contributed by atoms with van der Waals surface area (Å²) in [6, 6.07) is 5.12. The summed E-state index contributed by atoms with van der Waals surface area (Å²) in [5, 5.41) is 3.41. The SMILES string of the molecule is CCNC1CCCN(c2ccc(OC(F)(F)F)c(Br)c2)C1. The van der Waals surface area contributed by atoms with E-state index in [4.69, 9.17) is 0 Å². The zero-order valence-corrected chi connectivity index (χ0v) is 13.3. The van der Waals surface area contributed by atoms with E-state index in [2.05, 4.69) is 37.8 Å². The predicted molar refractivity (Wildman–Crippen MR) is 79.7 cm³/mol. The van der Waals surface area contributed by atoms with Crippen molar-refractivity contribution in [1.29, 1.82) is 0 Å². The van der Waals surface area contributed by atoms with Crippen molar-refractivity contribution in [3.05, 3.63) is 22.7 Å². The average Bonchev–Trinajstić information content (AvgIpc) is 2.40. The van der Waals surface area contributed by atoms with Crippen molar-refractivity contribution in [3.63, 3.8) is 0 Å². The Bertz CT molecular complexity index is 480. The van der Waals surface area contributed by atoms with E-state index >= 15 is 0 Å². The molecule has 1 heterocycles. The largest absolute Gasteiger partial charge is 0.573 e. The lowest BCUT2D eigenvalue weighted by Crippen LogP contribution is -2.45. The average molecular weight is 367 g/mol. The van der Waals surface area contributed by atoms with E-state index in [1.165, 1.54) is 6.07 Å². The van der Waals surface area contributed by atoms with Crippen molar-refractivity contribution in [2.75, 3.05) is 24.5 Å². The van der Waals surface area contributed by atoms with Crippen LogP contribution in [0.1, 0.15) is 19.8 Å². The zero-order valence-electron chi connectivity index (χ0n) is 11.7. The highest BCUT2D eigenvalue weighted by Crippen LogP contribution is 2.34. The van der Waals surface area contributed by atoms with Crippen LogP contribution in [0.5, 0.6) is 5.75 Å². The van der Waals surface area contributed by atoms with Crippen LogP contribution in [0.15, 0.2) is 22.7 Å². The molecule has 1 unspecified atom stereocenters. The van der Waals surface area contributed by atoms with Gasteiger partial charge in [0.25, 0.3) is 0 Å². The smallest absolute Gasteiger partial charge is 0.405 e. The molecule has 0 radical (unpaired) electrons. The molecule has 0 saturated carbocycles. The van der Waals surface area contributed by atoms with E-state index in [-0.39, 0.29) is 5.75 Å². The van der Waals surface area contributed by atoms with Crippen LogP contribution >= 0.6 is 15.9 Å². The third kappa shape index (κ3) is 4.78. The molecule has 2 rings (SSSR count). The maximum atomic E-state index is 12.3. The first-order valence-electron chi connectivity index (χ1n) is 6.92. The second kappa shape index (κ2) is 6.87. The minimum atomic E-state index is -4.68. The number of likely N-dealkylation sites (N-methyl/N-ethyl adjacent to an activating group) is 1. The fourth-order valence-electron chi connectivity index (χ4n) is 2.56. The van der Waals surface area contributed by atoms with Gasteiger partial charge in [0.1, 0.15) is 5.75 Å². The monoisotopic (exact) mass is 366 g/mol. The first-order valence-corrected chi connectivity index (χ1v) is 7.72. The molecule has 118 valence electrons. The topological polar surface area (TPSA) is 24.5 Å². The van der Waals surface area contributed by atoms with Crippen LogP contribution < -0.4 is 15.0 Å². The molecule has 1 aromatic rings. The molecular formula is C14H18BrF3N2O. The van der Waals surface area contributed by atoms with Gasteiger partial charge in [0.2, 0.25) is 0 Å². The number of halogens is 4. The molecule has 1 fully saturated rings. The number of nitrogens with one attached hydrogen (secondary N) is 1. The van der Waals surface area contributed by atoms with Gasteiger partial charge in [0.15, 0.2) is 0 Å². The minimum Gasteiger partial charge on any atom is -0.405 e. The van der Waals surface area contributed by atoms with Crippen molar-refractivity contribution in [1.82, 2.24) is 5.32 Å². The van der Waals surface area contributed by atoms with Gasteiger partial charge in [-0.2, -0.15) is 0 Å². The molecule has 3 nitrogen and oxygen atoms in total. The van der Waals surface area contributed by atoms with E-state index in [0.717, 1.165) is 38.2 Å². The van der Waals surface area contributed by atoms with Gasteiger partial charge in [-0.05, 0) is 53.5 Å². The van der Waals surface area contributed by atoms with Gasteiger partial charge in [0.05, 0.1) is 4.47 Å². The van der Waals surface area contributed by atoms with Crippen molar-refractivity contribution in [2.45, 2.75) is 32.2 Å². The van der Waals surface area contributed by atoms with Gasteiger partial charge in [-0.15, -0.1) is 13.2 Å². The molecule has 1 aliphatic heterocycles. The number of piperidine rings is 1. The van der Waals surface area contributed by atoms with Crippen molar-refractivity contribution < 1.29 is 17.9 Å². The summed E-state index contributed by atoms with van der Waals surface area (Å²) >= 11 is 3.14. The molecule has 21 heavy (non-hydrogen) atoms. The summed E-state index contributed by atoms with van der Waals surface area (Å²) in [6.07, 6.45) is -2.48. The Hall–Kier alpha value is -0.950. The van der Waals surface area contributed by atoms with Crippen LogP contribution in [0.4, 0.5) is 18.9 Å². The Morgan fingerprint density at radius 2 is 2.19 bits per heavy atom. The van der Waals surface area contributed by atoms with Crippen LogP contribution in [-0.2, 0) is 0 Å². The maximum Gasteiger partial charge on any atom is 0.573 e. The van der Waals surface area contributed by atoms with Crippen molar-refractivity contribution in [2.24, 2.45) is 0 Å². The van der Waals surface area contributed by atoms with Crippen LogP contribution in [0.3, 0.4) is 0 Å². The van der Waals surface area contributed by atoms with Crippen LogP contribution in [0.25, 0.3) is 0 Å². The fraction of sp³-hybridized carbons (Fsp3) is 0.571. The Balaban J connectivity index is 2.08. The lowest BCUT2D eigenvalue weighted by molar-refractivity contribution is -0.274. The molecule has 1 aliphatic rings. The zero-order chi connectivity index (χ0) is 15.5. The van der Waals surface area contributed by atoms with Gasteiger partial charge >= 0.3 is 6.36 Å². The number of nitrogens with zero attached hydrogens (tertiary/aromatic N) is 1. The molecule has 1 atom stereocenters. The van der Waals surface area contributed by atoms with Crippen LogP contribution in [-0.4, -0.2) is 32.0 Å². The normalized spacial score (nSPS) is 19.7. The van der Waals surface area contributed by atoms with Gasteiger partial charge in [-0.25, -0.2) is 0 Å². The number of ether oxygens (including phenoxy) is 1. The summed E-state index contributed by atoms with van der Waals surface area (Å²) in [5.74, 6) is -0.216. The predicted octanol–water partition coefficient (Wildman–Crippen LogP) is 3.93. The summed E-state index contributed by atoms with van der Waals surface area (Å²) < 4.78 is 41.0. The standard InChI is InChI=1S/C14H18BrF3N2O/c1-2-19-10-4-3-7-20(9-10)11-5-6-13(12(15)8-11)21-14(16,17)18/h5-6,8,10,19H,2-4,7,9H2,1H3. The first-order chi connectivity index (χ1) is 9.89. The van der Waals surface area contributed by atoms with Crippen molar-refractivity contribution >= 4 is 21.6 Å².